The van der Waals surface area contributed by atoms with E-state index < -0.39 is 0 Å². The van der Waals surface area contributed by atoms with Crippen molar-refractivity contribution < 1.29 is 4.74 Å². The molecule has 106 valence electrons. The summed E-state index contributed by atoms with van der Waals surface area (Å²) in [6.45, 7) is 3.97. The first-order valence-corrected chi connectivity index (χ1v) is 6.88. The molecule has 4 nitrogen and oxygen atoms in total. The third-order valence-electron chi connectivity index (χ3n) is 3.15. The van der Waals surface area contributed by atoms with E-state index in [-0.39, 0.29) is 11.7 Å². The van der Waals surface area contributed by atoms with Gasteiger partial charge < -0.3 is 9.72 Å². The second kappa shape index (κ2) is 5.40. The van der Waals surface area contributed by atoms with Crippen LogP contribution in [0.25, 0.3) is 22.2 Å². The quantitative estimate of drug-likeness (QED) is 0.800. The maximum Gasteiger partial charge on any atom is 0.257 e. The van der Waals surface area contributed by atoms with Crippen LogP contribution in [0.1, 0.15) is 13.8 Å². The van der Waals surface area contributed by atoms with E-state index in [1.54, 1.807) is 18.3 Å². The molecule has 1 aromatic carbocycles. The molecule has 0 unspecified atom stereocenters. The normalized spacial score (nSPS) is 11.0. The number of aromatic amines is 1. The van der Waals surface area contributed by atoms with Gasteiger partial charge in [-0.2, -0.15) is 0 Å². The van der Waals surface area contributed by atoms with Crippen LogP contribution in [0.2, 0.25) is 0 Å². The number of benzene rings is 1. The smallest absolute Gasteiger partial charge is 0.257 e. The van der Waals surface area contributed by atoms with Crippen molar-refractivity contribution >= 4 is 10.9 Å². The molecule has 2 heterocycles. The fraction of sp³-hybridized carbons (Fsp3) is 0.176. The molecule has 1 N–H and O–H groups in total. The zero-order chi connectivity index (χ0) is 14.8. The molecule has 0 aliphatic carbocycles. The van der Waals surface area contributed by atoms with Gasteiger partial charge in [0.1, 0.15) is 5.75 Å². The predicted octanol–water partition coefficient (Wildman–Crippen LogP) is 3.38. The minimum atomic E-state index is -0.127. The highest BCUT2D eigenvalue weighted by Crippen LogP contribution is 2.22. The number of aromatic nitrogens is 2. The minimum Gasteiger partial charge on any atom is -0.491 e. The van der Waals surface area contributed by atoms with E-state index in [9.17, 15) is 4.79 Å². The lowest BCUT2D eigenvalue weighted by atomic mass is 10.1. The summed E-state index contributed by atoms with van der Waals surface area (Å²) >= 11 is 0. The van der Waals surface area contributed by atoms with Gasteiger partial charge in [-0.3, -0.25) is 9.78 Å². The molecule has 3 aromatic rings. The van der Waals surface area contributed by atoms with Crippen molar-refractivity contribution in [1.29, 1.82) is 0 Å². The second-order valence-electron chi connectivity index (χ2n) is 5.14. The summed E-state index contributed by atoms with van der Waals surface area (Å²) in [6.07, 6.45) is 1.83. The van der Waals surface area contributed by atoms with Crippen LogP contribution < -0.4 is 10.3 Å². The van der Waals surface area contributed by atoms with Crippen molar-refractivity contribution in [2.24, 2.45) is 0 Å². The minimum absolute atomic E-state index is 0.127. The first kappa shape index (κ1) is 13.4. The number of pyridine rings is 2. The summed E-state index contributed by atoms with van der Waals surface area (Å²) in [7, 11) is 0. The molecule has 0 aliphatic heterocycles. The first-order valence-electron chi connectivity index (χ1n) is 6.88. The molecule has 21 heavy (non-hydrogen) atoms. The monoisotopic (exact) mass is 280 g/mol. The van der Waals surface area contributed by atoms with Crippen molar-refractivity contribution in [2.75, 3.05) is 0 Å². The molecule has 0 saturated heterocycles. The van der Waals surface area contributed by atoms with Gasteiger partial charge in [0.25, 0.3) is 5.56 Å². The molecule has 3 rings (SSSR count). The van der Waals surface area contributed by atoms with E-state index in [0.29, 0.717) is 10.9 Å². The number of hydrogen-bond acceptors (Lipinski definition) is 3. The highest BCUT2D eigenvalue weighted by Gasteiger charge is 2.05. The Morgan fingerprint density at radius 2 is 1.90 bits per heavy atom. The SMILES string of the molecule is CC(C)Oc1ccc(-c2cc3ncccc3c(=O)[nH]2)cc1. The maximum absolute atomic E-state index is 12.1. The second-order valence-corrected chi connectivity index (χ2v) is 5.14. The van der Waals surface area contributed by atoms with Crippen LogP contribution >= 0.6 is 0 Å². The zero-order valence-electron chi connectivity index (χ0n) is 12.0. The Balaban J connectivity index is 2.02. The topological polar surface area (TPSA) is 55.0 Å². The Morgan fingerprint density at radius 1 is 1.14 bits per heavy atom. The van der Waals surface area contributed by atoms with E-state index in [2.05, 4.69) is 9.97 Å². The average molecular weight is 280 g/mol. The number of rotatable bonds is 3. The van der Waals surface area contributed by atoms with Crippen molar-refractivity contribution in [3.05, 3.63) is 59.0 Å². The van der Waals surface area contributed by atoms with Gasteiger partial charge in [-0.1, -0.05) is 0 Å². The number of hydrogen-bond donors (Lipinski definition) is 1. The number of fused-ring (bicyclic) bond motifs is 1. The summed E-state index contributed by atoms with van der Waals surface area (Å²) in [5, 5.41) is 0.598. The number of nitrogens with one attached hydrogen (secondary N) is 1. The van der Waals surface area contributed by atoms with Crippen LogP contribution in [-0.2, 0) is 0 Å². The van der Waals surface area contributed by atoms with Gasteiger partial charge in [0.05, 0.1) is 22.7 Å². The van der Waals surface area contributed by atoms with Crippen molar-refractivity contribution in [3.63, 3.8) is 0 Å². The van der Waals surface area contributed by atoms with Crippen molar-refractivity contribution in [2.45, 2.75) is 20.0 Å². The molecule has 0 atom stereocenters. The third kappa shape index (κ3) is 2.79. The highest BCUT2D eigenvalue weighted by atomic mass is 16.5. The summed E-state index contributed by atoms with van der Waals surface area (Å²) in [5.74, 6) is 0.815. The summed E-state index contributed by atoms with van der Waals surface area (Å²) in [5.41, 5.74) is 2.25. The predicted molar refractivity (Wildman–Crippen MR) is 83.6 cm³/mol. The van der Waals surface area contributed by atoms with Crippen LogP contribution in [0.5, 0.6) is 5.75 Å². The van der Waals surface area contributed by atoms with Gasteiger partial charge in [0.15, 0.2) is 0 Å². The molecule has 0 amide bonds. The van der Waals surface area contributed by atoms with Crippen LogP contribution in [0.3, 0.4) is 0 Å². The Labute approximate surface area is 122 Å². The lowest BCUT2D eigenvalue weighted by Crippen LogP contribution is -2.08. The fourth-order valence-corrected chi connectivity index (χ4v) is 2.23. The Bertz CT molecular complexity index is 820. The first-order chi connectivity index (χ1) is 10.1. The van der Waals surface area contributed by atoms with E-state index >= 15 is 0 Å². The van der Waals surface area contributed by atoms with Crippen molar-refractivity contribution in [3.8, 4) is 17.0 Å². The van der Waals surface area contributed by atoms with Crippen LogP contribution in [0, 0.1) is 0 Å². The van der Waals surface area contributed by atoms with Gasteiger partial charge in [0.2, 0.25) is 0 Å². The number of nitrogens with zero attached hydrogens (tertiary/aromatic N) is 1. The number of ether oxygens (including phenoxy) is 1. The summed E-state index contributed by atoms with van der Waals surface area (Å²) in [6, 6.07) is 13.1. The van der Waals surface area contributed by atoms with E-state index in [1.165, 1.54) is 0 Å². The molecule has 0 fully saturated rings. The fourth-order valence-electron chi connectivity index (χ4n) is 2.23. The molecule has 0 aliphatic rings. The standard InChI is InChI=1S/C17H16N2O2/c1-11(2)21-13-7-5-12(6-8-13)15-10-16-14(17(20)19-15)4-3-9-18-16/h3-11H,1-2H3,(H,19,20). The van der Waals surface area contributed by atoms with Gasteiger partial charge >= 0.3 is 0 Å². The molecule has 0 bridgehead atoms. The van der Waals surface area contributed by atoms with E-state index in [4.69, 9.17) is 4.74 Å². The van der Waals surface area contributed by atoms with E-state index in [1.807, 2.05) is 44.2 Å². The van der Waals surface area contributed by atoms with Gasteiger partial charge in [-0.25, -0.2) is 0 Å². The zero-order valence-corrected chi connectivity index (χ0v) is 12.0. The molecule has 2 aromatic heterocycles. The number of H-pyrrole nitrogens is 1. The van der Waals surface area contributed by atoms with Gasteiger partial charge in [-0.15, -0.1) is 0 Å². The van der Waals surface area contributed by atoms with Crippen LogP contribution in [0.15, 0.2) is 53.5 Å². The Morgan fingerprint density at radius 3 is 2.62 bits per heavy atom. The van der Waals surface area contributed by atoms with Gasteiger partial charge in [-0.05, 0) is 61.9 Å². The highest BCUT2D eigenvalue weighted by molar-refractivity contribution is 5.81. The molecular weight excluding hydrogens is 264 g/mol. The third-order valence-corrected chi connectivity index (χ3v) is 3.15. The molecular formula is C17H16N2O2. The molecule has 0 radical (unpaired) electrons. The largest absolute Gasteiger partial charge is 0.491 e. The average Bonchev–Trinajstić information content (AvgIpc) is 2.47. The van der Waals surface area contributed by atoms with E-state index in [0.717, 1.165) is 17.0 Å². The lowest BCUT2D eigenvalue weighted by Gasteiger charge is -2.10. The Hall–Kier alpha value is -2.62. The Kier molecular flexibility index (Phi) is 3.44. The van der Waals surface area contributed by atoms with Crippen molar-refractivity contribution in [1.82, 2.24) is 9.97 Å². The maximum atomic E-state index is 12.1. The molecule has 0 saturated carbocycles. The van der Waals surface area contributed by atoms with Crippen LogP contribution in [-0.4, -0.2) is 16.1 Å². The molecule has 4 heteroatoms. The van der Waals surface area contributed by atoms with Gasteiger partial charge in [0, 0.05) is 6.20 Å². The lowest BCUT2D eigenvalue weighted by molar-refractivity contribution is 0.242. The summed E-state index contributed by atoms with van der Waals surface area (Å²) in [4.78, 5) is 19.2. The summed E-state index contributed by atoms with van der Waals surface area (Å²) < 4.78 is 5.61. The van der Waals surface area contributed by atoms with Crippen LogP contribution in [0.4, 0.5) is 0 Å². The molecule has 0 spiro atoms.